The fourth-order valence-electron chi connectivity index (χ4n) is 4.15. The quantitative estimate of drug-likeness (QED) is 0.618. The van der Waals surface area contributed by atoms with Crippen molar-refractivity contribution in [3.8, 4) is 0 Å². The SMILES string of the molecule is O=C(CCCc1c[nH]c2ccccc12)N1CCC(c2cccc(Cl)c2)CC1. The molecule has 0 bridgehead atoms. The maximum Gasteiger partial charge on any atom is 0.222 e. The molecule has 2 aromatic carbocycles. The number of H-pyrrole nitrogens is 1. The van der Waals surface area contributed by atoms with Gasteiger partial charge in [0.1, 0.15) is 0 Å². The minimum atomic E-state index is 0.291. The van der Waals surface area contributed by atoms with Crippen molar-refractivity contribution in [2.45, 2.75) is 38.0 Å². The van der Waals surface area contributed by atoms with E-state index in [1.165, 1.54) is 22.0 Å². The molecule has 0 radical (unpaired) electrons. The summed E-state index contributed by atoms with van der Waals surface area (Å²) in [7, 11) is 0. The molecule has 0 unspecified atom stereocenters. The van der Waals surface area contributed by atoms with Gasteiger partial charge in [-0.25, -0.2) is 0 Å². The molecule has 3 aromatic rings. The van der Waals surface area contributed by atoms with Crippen LogP contribution in [0.3, 0.4) is 0 Å². The topological polar surface area (TPSA) is 36.1 Å². The van der Waals surface area contributed by atoms with Gasteiger partial charge in [-0.3, -0.25) is 4.79 Å². The minimum absolute atomic E-state index is 0.291. The van der Waals surface area contributed by atoms with E-state index >= 15 is 0 Å². The first-order valence-electron chi connectivity index (χ1n) is 9.79. The average molecular weight is 381 g/mol. The number of fused-ring (bicyclic) bond motifs is 1. The Morgan fingerprint density at radius 2 is 1.93 bits per heavy atom. The Kier molecular flexibility index (Phi) is 5.49. The first kappa shape index (κ1) is 18.1. The Balaban J connectivity index is 1.26. The summed E-state index contributed by atoms with van der Waals surface area (Å²) in [6.07, 6.45) is 6.58. The van der Waals surface area contributed by atoms with Gasteiger partial charge in [-0.15, -0.1) is 0 Å². The van der Waals surface area contributed by atoms with E-state index in [1.807, 2.05) is 23.1 Å². The molecular formula is C23H25ClN2O. The van der Waals surface area contributed by atoms with Gasteiger partial charge < -0.3 is 9.88 Å². The van der Waals surface area contributed by atoms with Crippen LogP contribution in [-0.4, -0.2) is 28.9 Å². The average Bonchev–Trinajstić information content (AvgIpc) is 3.11. The number of likely N-dealkylation sites (tertiary alicyclic amines) is 1. The molecule has 0 aliphatic carbocycles. The van der Waals surface area contributed by atoms with Gasteiger partial charge in [-0.05, 0) is 60.9 Å². The molecule has 1 aliphatic heterocycles. The van der Waals surface area contributed by atoms with Crippen molar-refractivity contribution in [2.75, 3.05) is 13.1 Å². The molecule has 1 aromatic heterocycles. The normalized spacial score (nSPS) is 15.4. The number of piperidine rings is 1. The van der Waals surface area contributed by atoms with Crippen LogP contribution in [0.15, 0.2) is 54.7 Å². The van der Waals surface area contributed by atoms with Gasteiger partial charge in [0.05, 0.1) is 0 Å². The monoisotopic (exact) mass is 380 g/mol. The summed E-state index contributed by atoms with van der Waals surface area (Å²) in [5, 5.41) is 2.07. The second kappa shape index (κ2) is 8.18. The molecule has 27 heavy (non-hydrogen) atoms. The molecule has 4 rings (SSSR count). The highest BCUT2D eigenvalue weighted by molar-refractivity contribution is 6.30. The van der Waals surface area contributed by atoms with E-state index in [-0.39, 0.29) is 0 Å². The molecule has 1 N–H and O–H groups in total. The number of rotatable bonds is 5. The fraction of sp³-hybridized carbons (Fsp3) is 0.348. The van der Waals surface area contributed by atoms with Crippen LogP contribution in [0.25, 0.3) is 10.9 Å². The molecule has 1 saturated heterocycles. The number of halogens is 1. The van der Waals surface area contributed by atoms with Crippen LogP contribution in [0.1, 0.15) is 42.7 Å². The van der Waals surface area contributed by atoms with Gasteiger partial charge in [-0.1, -0.05) is 41.9 Å². The zero-order valence-electron chi connectivity index (χ0n) is 15.5. The standard InChI is InChI=1S/C23H25ClN2O/c24-20-7-3-5-18(15-20)17-11-13-26(14-12-17)23(27)10-4-6-19-16-25-22-9-2-1-8-21(19)22/h1-3,5,7-9,15-17,25H,4,6,10-14H2. The summed E-state index contributed by atoms with van der Waals surface area (Å²) in [6, 6.07) is 16.5. The first-order chi connectivity index (χ1) is 13.2. The van der Waals surface area contributed by atoms with Gasteiger partial charge in [0, 0.05) is 41.6 Å². The fourth-order valence-corrected chi connectivity index (χ4v) is 4.35. The molecular weight excluding hydrogens is 356 g/mol. The summed E-state index contributed by atoms with van der Waals surface area (Å²) < 4.78 is 0. The highest BCUT2D eigenvalue weighted by Gasteiger charge is 2.23. The van der Waals surface area contributed by atoms with Crippen LogP contribution >= 0.6 is 11.6 Å². The molecule has 2 heterocycles. The van der Waals surface area contributed by atoms with Gasteiger partial charge in [-0.2, -0.15) is 0 Å². The smallest absolute Gasteiger partial charge is 0.222 e. The number of nitrogens with one attached hydrogen (secondary N) is 1. The molecule has 1 fully saturated rings. The highest BCUT2D eigenvalue weighted by Crippen LogP contribution is 2.30. The van der Waals surface area contributed by atoms with E-state index in [0.29, 0.717) is 18.2 Å². The van der Waals surface area contributed by atoms with Crippen LogP contribution in [0, 0.1) is 0 Å². The lowest BCUT2D eigenvalue weighted by Gasteiger charge is -2.32. The van der Waals surface area contributed by atoms with Crippen LogP contribution in [0.5, 0.6) is 0 Å². The number of nitrogens with zero attached hydrogens (tertiary/aromatic N) is 1. The van der Waals surface area contributed by atoms with E-state index in [4.69, 9.17) is 11.6 Å². The lowest BCUT2D eigenvalue weighted by atomic mass is 9.89. The maximum absolute atomic E-state index is 12.6. The second-order valence-corrected chi connectivity index (χ2v) is 7.86. The van der Waals surface area contributed by atoms with Gasteiger partial charge in [0.25, 0.3) is 0 Å². The lowest BCUT2D eigenvalue weighted by molar-refractivity contribution is -0.132. The van der Waals surface area contributed by atoms with Crippen molar-refractivity contribution in [1.82, 2.24) is 9.88 Å². The maximum atomic E-state index is 12.6. The molecule has 3 nitrogen and oxygen atoms in total. The number of carbonyl (C=O) groups excluding carboxylic acids is 1. The van der Waals surface area contributed by atoms with E-state index in [2.05, 4.69) is 41.5 Å². The Hall–Kier alpha value is -2.26. The third-order valence-electron chi connectivity index (χ3n) is 5.68. The van der Waals surface area contributed by atoms with E-state index < -0.39 is 0 Å². The third kappa shape index (κ3) is 4.19. The number of aryl methyl sites for hydroxylation is 1. The van der Waals surface area contributed by atoms with Gasteiger partial charge in [0.2, 0.25) is 5.91 Å². The van der Waals surface area contributed by atoms with Crippen molar-refractivity contribution in [3.63, 3.8) is 0 Å². The van der Waals surface area contributed by atoms with Crippen molar-refractivity contribution in [1.29, 1.82) is 0 Å². The number of amides is 1. The predicted octanol–water partition coefficient (Wildman–Crippen LogP) is 5.55. The van der Waals surface area contributed by atoms with Crippen LogP contribution < -0.4 is 0 Å². The van der Waals surface area contributed by atoms with Crippen LogP contribution in [-0.2, 0) is 11.2 Å². The highest BCUT2D eigenvalue weighted by atomic mass is 35.5. The third-order valence-corrected chi connectivity index (χ3v) is 5.91. The molecule has 4 heteroatoms. The zero-order chi connectivity index (χ0) is 18.6. The largest absolute Gasteiger partial charge is 0.361 e. The van der Waals surface area contributed by atoms with Gasteiger partial charge >= 0.3 is 0 Å². The van der Waals surface area contributed by atoms with Crippen molar-refractivity contribution < 1.29 is 4.79 Å². The van der Waals surface area contributed by atoms with E-state index in [9.17, 15) is 4.79 Å². The van der Waals surface area contributed by atoms with Crippen molar-refractivity contribution in [3.05, 3.63) is 70.9 Å². The summed E-state index contributed by atoms with van der Waals surface area (Å²) in [4.78, 5) is 17.9. The van der Waals surface area contributed by atoms with Gasteiger partial charge in [0.15, 0.2) is 0 Å². The number of hydrogen-bond donors (Lipinski definition) is 1. The zero-order valence-corrected chi connectivity index (χ0v) is 16.2. The number of aromatic amines is 1. The summed E-state index contributed by atoms with van der Waals surface area (Å²) in [5.41, 5.74) is 3.77. The molecule has 1 aliphatic rings. The molecule has 0 saturated carbocycles. The molecule has 0 atom stereocenters. The molecule has 1 amide bonds. The van der Waals surface area contributed by atoms with Crippen molar-refractivity contribution in [2.24, 2.45) is 0 Å². The number of carbonyl (C=O) groups is 1. The summed E-state index contributed by atoms with van der Waals surface area (Å²) >= 11 is 6.11. The Labute approximate surface area is 165 Å². The van der Waals surface area contributed by atoms with Crippen LogP contribution in [0.2, 0.25) is 5.02 Å². The van der Waals surface area contributed by atoms with E-state index in [1.54, 1.807) is 0 Å². The second-order valence-electron chi connectivity index (χ2n) is 7.42. The Morgan fingerprint density at radius 3 is 2.74 bits per heavy atom. The minimum Gasteiger partial charge on any atom is -0.361 e. The summed E-state index contributed by atoms with van der Waals surface area (Å²) in [6.45, 7) is 1.70. The predicted molar refractivity (Wildman–Crippen MR) is 111 cm³/mol. The summed E-state index contributed by atoms with van der Waals surface area (Å²) in [5.74, 6) is 0.804. The number of aromatic nitrogens is 1. The number of para-hydroxylation sites is 1. The first-order valence-corrected chi connectivity index (χ1v) is 10.2. The van der Waals surface area contributed by atoms with E-state index in [0.717, 1.165) is 43.8 Å². The number of benzene rings is 2. The Morgan fingerprint density at radius 1 is 1.11 bits per heavy atom. The van der Waals surface area contributed by atoms with Crippen LogP contribution in [0.4, 0.5) is 0 Å². The molecule has 140 valence electrons. The lowest BCUT2D eigenvalue weighted by Crippen LogP contribution is -2.37. The number of hydrogen-bond acceptors (Lipinski definition) is 1. The molecule has 0 spiro atoms. The Bertz CT molecular complexity index is 925. The van der Waals surface area contributed by atoms with Crippen molar-refractivity contribution >= 4 is 28.4 Å².